The zero-order valence-electron chi connectivity index (χ0n) is 11.8. The van der Waals surface area contributed by atoms with Crippen molar-refractivity contribution in [1.29, 1.82) is 0 Å². The molecule has 1 aliphatic heterocycles. The fraction of sp³-hybridized carbons (Fsp3) is 0.400. The van der Waals surface area contributed by atoms with Gasteiger partial charge in [0.15, 0.2) is 0 Å². The Bertz CT molecular complexity index is 656. The van der Waals surface area contributed by atoms with Gasteiger partial charge in [-0.1, -0.05) is 18.2 Å². The molecule has 6 nitrogen and oxygen atoms in total. The molecule has 110 valence electrons. The normalized spacial score (nSPS) is 24.1. The van der Waals surface area contributed by atoms with E-state index in [1.807, 2.05) is 18.2 Å². The Hall–Kier alpha value is -2.37. The van der Waals surface area contributed by atoms with Gasteiger partial charge in [0, 0.05) is 0 Å². The number of rotatable bonds is 3. The van der Waals surface area contributed by atoms with Crippen molar-refractivity contribution in [1.82, 2.24) is 10.2 Å². The van der Waals surface area contributed by atoms with E-state index in [4.69, 9.17) is 5.73 Å². The first-order valence-electron chi connectivity index (χ1n) is 6.96. The van der Waals surface area contributed by atoms with E-state index in [2.05, 4.69) is 5.32 Å². The standard InChI is InChI=1S/C15H17N3O3/c1-15(11-6-5-9-3-2-4-10(9)7-11)13(20)18(8-12(16)19)14(21)17-15/h5-7H,2-4,8H2,1H3,(H2,16,19)(H,17,21)/t15-/m0/s1. The van der Waals surface area contributed by atoms with Crippen LogP contribution in [0.2, 0.25) is 0 Å². The van der Waals surface area contributed by atoms with Gasteiger partial charge in [-0.15, -0.1) is 0 Å². The van der Waals surface area contributed by atoms with Gasteiger partial charge in [0.25, 0.3) is 5.91 Å². The number of nitrogens with one attached hydrogen (secondary N) is 1. The van der Waals surface area contributed by atoms with Crippen LogP contribution in [0.25, 0.3) is 0 Å². The highest BCUT2D eigenvalue weighted by molar-refractivity contribution is 6.09. The number of hydrogen-bond donors (Lipinski definition) is 2. The summed E-state index contributed by atoms with van der Waals surface area (Å²) in [6.07, 6.45) is 3.16. The van der Waals surface area contributed by atoms with Crippen LogP contribution >= 0.6 is 0 Å². The van der Waals surface area contributed by atoms with Crippen LogP contribution in [0.3, 0.4) is 0 Å². The van der Waals surface area contributed by atoms with E-state index >= 15 is 0 Å². The van der Waals surface area contributed by atoms with Crippen molar-refractivity contribution in [3.8, 4) is 0 Å². The number of amides is 4. The summed E-state index contributed by atoms with van der Waals surface area (Å²) >= 11 is 0. The van der Waals surface area contributed by atoms with Gasteiger partial charge in [0.05, 0.1) is 0 Å². The largest absolute Gasteiger partial charge is 0.368 e. The lowest BCUT2D eigenvalue weighted by Crippen LogP contribution is -2.42. The van der Waals surface area contributed by atoms with Crippen molar-refractivity contribution in [2.45, 2.75) is 31.7 Å². The number of fused-ring (bicyclic) bond motifs is 1. The minimum absolute atomic E-state index is 0.398. The van der Waals surface area contributed by atoms with Gasteiger partial charge in [-0.3, -0.25) is 14.5 Å². The maximum Gasteiger partial charge on any atom is 0.325 e. The Balaban J connectivity index is 1.96. The lowest BCUT2D eigenvalue weighted by molar-refractivity contribution is -0.134. The van der Waals surface area contributed by atoms with Crippen molar-refractivity contribution in [2.24, 2.45) is 5.73 Å². The van der Waals surface area contributed by atoms with E-state index in [1.54, 1.807) is 6.92 Å². The van der Waals surface area contributed by atoms with Crippen LogP contribution in [0, 0.1) is 0 Å². The molecule has 0 aromatic heterocycles. The minimum Gasteiger partial charge on any atom is -0.368 e. The number of nitrogens with zero attached hydrogens (tertiary/aromatic N) is 1. The minimum atomic E-state index is -1.13. The number of aryl methyl sites for hydroxylation is 2. The van der Waals surface area contributed by atoms with E-state index in [-0.39, 0.29) is 0 Å². The average Bonchev–Trinajstić information content (AvgIpc) is 2.97. The maximum absolute atomic E-state index is 12.5. The van der Waals surface area contributed by atoms with Crippen LogP contribution < -0.4 is 11.1 Å². The summed E-state index contributed by atoms with van der Waals surface area (Å²) < 4.78 is 0. The molecular formula is C15H17N3O3. The van der Waals surface area contributed by atoms with Crippen LogP contribution in [-0.4, -0.2) is 29.3 Å². The highest BCUT2D eigenvalue weighted by Crippen LogP contribution is 2.32. The van der Waals surface area contributed by atoms with Gasteiger partial charge < -0.3 is 11.1 Å². The summed E-state index contributed by atoms with van der Waals surface area (Å²) in [5.41, 5.74) is 7.22. The summed E-state index contributed by atoms with van der Waals surface area (Å²) in [6, 6.07) is 5.28. The third-order valence-electron chi connectivity index (χ3n) is 4.26. The fourth-order valence-corrected chi connectivity index (χ4v) is 3.07. The van der Waals surface area contributed by atoms with Gasteiger partial charge in [-0.2, -0.15) is 0 Å². The third-order valence-corrected chi connectivity index (χ3v) is 4.26. The predicted molar refractivity (Wildman–Crippen MR) is 75.3 cm³/mol. The van der Waals surface area contributed by atoms with Crippen molar-refractivity contribution < 1.29 is 14.4 Å². The highest BCUT2D eigenvalue weighted by atomic mass is 16.2. The van der Waals surface area contributed by atoms with E-state index in [0.29, 0.717) is 0 Å². The second-order valence-corrected chi connectivity index (χ2v) is 5.75. The number of carbonyl (C=O) groups excluding carboxylic acids is 3. The van der Waals surface area contributed by atoms with E-state index < -0.39 is 29.9 Å². The Morgan fingerprint density at radius 3 is 2.76 bits per heavy atom. The first-order valence-corrected chi connectivity index (χ1v) is 6.96. The summed E-state index contributed by atoms with van der Waals surface area (Å²) in [5.74, 6) is -1.15. The van der Waals surface area contributed by atoms with E-state index in [9.17, 15) is 14.4 Å². The molecule has 3 N–H and O–H groups in total. The Morgan fingerprint density at radius 2 is 2.05 bits per heavy atom. The molecule has 1 aliphatic carbocycles. The number of benzene rings is 1. The first-order chi connectivity index (χ1) is 9.91. The summed E-state index contributed by atoms with van der Waals surface area (Å²) in [4.78, 5) is 36.3. The topological polar surface area (TPSA) is 92.5 Å². The van der Waals surface area contributed by atoms with Crippen LogP contribution in [0.4, 0.5) is 4.79 Å². The van der Waals surface area contributed by atoms with Gasteiger partial charge >= 0.3 is 6.03 Å². The molecule has 0 radical (unpaired) electrons. The lowest BCUT2D eigenvalue weighted by atomic mass is 9.89. The molecule has 21 heavy (non-hydrogen) atoms. The molecule has 4 amide bonds. The van der Waals surface area contributed by atoms with Crippen LogP contribution in [0.1, 0.15) is 30.0 Å². The molecule has 1 heterocycles. The van der Waals surface area contributed by atoms with Gasteiger partial charge in [0.1, 0.15) is 12.1 Å². The van der Waals surface area contributed by atoms with Crippen molar-refractivity contribution in [2.75, 3.05) is 6.54 Å². The van der Waals surface area contributed by atoms with Crippen LogP contribution in [0.15, 0.2) is 18.2 Å². The Morgan fingerprint density at radius 1 is 1.33 bits per heavy atom. The molecule has 2 aliphatic rings. The maximum atomic E-state index is 12.5. The molecule has 6 heteroatoms. The zero-order chi connectivity index (χ0) is 15.2. The van der Waals surface area contributed by atoms with Crippen LogP contribution in [0.5, 0.6) is 0 Å². The lowest BCUT2D eigenvalue weighted by Gasteiger charge is -2.23. The molecule has 1 atom stereocenters. The predicted octanol–water partition coefficient (Wildman–Crippen LogP) is 0.428. The van der Waals surface area contributed by atoms with Crippen molar-refractivity contribution >= 4 is 17.8 Å². The van der Waals surface area contributed by atoms with Crippen LogP contribution in [-0.2, 0) is 28.0 Å². The Labute approximate surface area is 122 Å². The van der Waals surface area contributed by atoms with Crippen molar-refractivity contribution in [3.05, 3.63) is 34.9 Å². The summed E-state index contributed by atoms with van der Waals surface area (Å²) in [5, 5.41) is 2.67. The van der Waals surface area contributed by atoms with Crippen molar-refractivity contribution in [3.63, 3.8) is 0 Å². The zero-order valence-corrected chi connectivity index (χ0v) is 11.8. The SMILES string of the molecule is C[C@@]1(c2ccc3c(c2)CCC3)NC(=O)N(CC(N)=O)C1=O. The molecule has 1 saturated heterocycles. The number of primary amides is 1. The molecule has 0 bridgehead atoms. The molecule has 3 rings (SSSR count). The Kier molecular flexibility index (Phi) is 2.97. The average molecular weight is 287 g/mol. The second kappa shape index (κ2) is 4.58. The van der Waals surface area contributed by atoms with Gasteiger partial charge in [-0.05, 0) is 42.9 Å². The summed E-state index contributed by atoms with van der Waals surface area (Å²) in [6.45, 7) is 1.26. The fourth-order valence-electron chi connectivity index (χ4n) is 3.07. The molecule has 1 aromatic carbocycles. The first kappa shape index (κ1) is 13.6. The van der Waals surface area contributed by atoms with E-state index in [0.717, 1.165) is 29.7 Å². The molecule has 1 fully saturated rings. The molecule has 0 saturated carbocycles. The monoisotopic (exact) mass is 287 g/mol. The number of nitrogens with two attached hydrogens (primary N) is 1. The number of urea groups is 1. The molecule has 0 spiro atoms. The summed E-state index contributed by atoms with van der Waals surface area (Å²) in [7, 11) is 0. The molecular weight excluding hydrogens is 270 g/mol. The third kappa shape index (κ3) is 2.07. The number of imide groups is 1. The highest BCUT2D eigenvalue weighted by Gasteiger charge is 2.49. The van der Waals surface area contributed by atoms with Gasteiger partial charge in [-0.25, -0.2) is 4.79 Å². The molecule has 0 unspecified atom stereocenters. The van der Waals surface area contributed by atoms with E-state index in [1.165, 1.54) is 11.1 Å². The smallest absolute Gasteiger partial charge is 0.325 e. The molecule has 1 aromatic rings. The van der Waals surface area contributed by atoms with Gasteiger partial charge in [0.2, 0.25) is 5.91 Å². The second-order valence-electron chi connectivity index (χ2n) is 5.75. The number of hydrogen-bond acceptors (Lipinski definition) is 3. The number of carbonyl (C=O) groups is 3. The quantitative estimate of drug-likeness (QED) is 0.789.